The maximum absolute atomic E-state index is 11.4. The molecule has 5 heteroatoms. The summed E-state index contributed by atoms with van der Waals surface area (Å²) in [6.07, 6.45) is 2.57. The highest BCUT2D eigenvalue weighted by Crippen LogP contribution is 2.28. The van der Waals surface area contributed by atoms with E-state index in [9.17, 15) is 9.59 Å². The van der Waals surface area contributed by atoms with Crippen molar-refractivity contribution in [1.82, 2.24) is 4.90 Å². The van der Waals surface area contributed by atoms with Gasteiger partial charge in [0.05, 0.1) is 6.54 Å². The number of imide groups is 1. The molecule has 0 radical (unpaired) electrons. The predicted octanol–water partition coefficient (Wildman–Crippen LogP) is 2.64. The number of carbonyl (C=O) groups is 2. The monoisotopic (exact) mass is 343 g/mol. The molecule has 0 atom stereocenters. The second kappa shape index (κ2) is 4.51. The number of hydrogen-bond donors (Lipinski definition) is 0. The van der Waals surface area contributed by atoms with E-state index in [0.29, 0.717) is 0 Å². The van der Waals surface area contributed by atoms with Gasteiger partial charge in [0.1, 0.15) is 0 Å². The van der Waals surface area contributed by atoms with Gasteiger partial charge in [-0.3, -0.25) is 14.5 Å². The third kappa shape index (κ3) is 2.10. The van der Waals surface area contributed by atoms with Crippen molar-refractivity contribution >= 4 is 43.7 Å². The van der Waals surface area contributed by atoms with E-state index >= 15 is 0 Å². The lowest BCUT2D eigenvalue weighted by molar-refractivity contribution is -0.137. The molecule has 1 heterocycles. The number of nitrogens with zero attached hydrogens (tertiary/aromatic N) is 1. The normalized spacial score (nSPS) is 15.0. The van der Waals surface area contributed by atoms with Crippen LogP contribution in [0.25, 0.3) is 0 Å². The zero-order valence-corrected chi connectivity index (χ0v) is 11.3. The van der Waals surface area contributed by atoms with Crippen LogP contribution in [0.1, 0.15) is 5.56 Å². The van der Waals surface area contributed by atoms with Gasteiger partial charge in [-0.05, 0) is 43.5 Å². The first-order valence-electron chi connectivity index (χ1n) is 4.56. The minimum absolute atomic E-state index is 0.267. The molecule has 1 aromatic carbocycles. The third-order valence-electron chi connectivity index (χ3n) is 2.26. The fourth-order valence-electron chi connectivity index (χ4n) is 1.43. The maximum Gasteiger partial charge on any atom is 0.253 e. The van der Waals surface area contributed by atoms with Crippen LogP contribution in [-0.2, 0) is 16.1 Å². The van der Waals surface area contributed by atoms with E-state index in [1.54, 1.807) is 0 Å². The van der Waals surface area contributed by atoms with E-state index in [-0.39, 0.29) is 18.4 Å². The lowest BCUT2D eigenvalue weighted by atomic mass is 10.2. The molecule has 0 unspecified atom stereocenters. The van der Waals surface area contributed by atoms with Crippen LogP contribution in [0, 0.1) is 0 Å². The van der Waals surface area contributed by atoms with Crippen molar-refractivity contribution in [2.75, 3.05) is 0 Å². The fraction of sp³-hybridized carbons (Fsp3) is 0.0909. The molecule has 2 rings (SSSR count). The highest BCUT2D eigenvalue weighted by Gasteiger charge is 2.24. The van der Waals surface area contributed by atoms with Crippen LogP contribution < -0.4 is 0 Å². The molecular formula is C11H7Br2NO2. The molecule has 1 aliphatic rings. The van der Waals surface area contributed by atoms with Crippen molar-refractivity contribution in [1.29, 1.82) is 0 Å². The smallest absolute Gasteiger partial charge is 0.253 e. The van der Waals surface area contributed by atoms with Crippen LogP contribution in [0.4, 0.5) is 0 Å². The summed E-state index contributed by atoms with van der Waals surface area (Å²) in [5, 5.41) is 0. The van der Waals surface area contributed by atoms with Gasteiger partial charge in [0.15, 0.2) is 0 Å². The Bertz CT molecular complexity index is 479. The number of benzene rings is 1. The Morgan fingerprint density at radius 2 is 1.69 bits per heavy atom. The summed E-state index contributed by atoms with van der Waals surface area (Å²) in [5.41, 5.74) is 0.889. The molecule has 0 saturated heterocycles. The molecule has 0 N–H and O–H groups in total. The quantitative estimate of drug-likeness (QED) is 0.773. The number of rotatable bonds is 2. The Kier molecular flexibility index (Phi) is 3.25. The van der Waals surface area contributed by atoms with Crippen molar-refractivity contribution in [3.05, 3.63) is 44.9 Å². The average Bonchev–Trinajstić information content (AvgIpc) is 2.56. The van der Waals surface area contributed by atoms with Gasteiger partial charge in [0, 0.05) is 21.1 Å². The standard InChI is InChI=1S/C11H7Br2NO2/c12-8-3-1-2-7(11(8)13)6-14-9(15)4-5-10(14)16/h1-5H,6H2. The van der Waals surface area contributed by atoms with E-state index in [0.717, 1.165) is 14.5 Å². The second-order valence-electron chi connectivity index (χ2n) is 3.31. The molecule has 0 spiro atoms. The number of hydrogen-bond acceptors (Lipinski definition) is 2. The molecule has 82 valence electrons. The summed E-state index contributed by atoms with van der Waals surface area (Å²) >= 11 is 6.79. The topological polar surface area (TPSA) is 37.4 Å². The van der Waals surface area contributed by atoms with E-state index in [1.165, 1.54) is 17.1 Å². The molecule has 0 bridgehead atoms. The van der Waals surface area contributed by atoms with E-state index in [2.05, 4.69) is 31.9 Å². The van der Waals surface area contributed by atoms with Crippen LogP contribution in [0.3, 0.4) is 0 Å². The molecule has 2 amide bonds. The Hall–Kier alpha value is -0.940. The van der Waals surface area contributed by atoms with Crippen molar-refractivity contribution in [2.45, 2.75) is 6.54 Å². The van der Waals surface area contributed by atoms with Gasteiger partial charge in [-0.25, -0.2) is 0 Å². The molecule has 0 aliphatic carbocycles. The van der Waals surface area contributed by atoms with Crippen molar-refractivity contribution < 1.29 is 9.59 Å². The summed E-state index contributed by atoms with van der Waals surface area (Å²) in [5.74, 6) is -0.534. The first-order valence-corrected chi connectivity index (χ1v) is 6.14. The molecule has 0 fully saturated rings. The molecule has 3 nitrogen and oxygen atoms in total. The van der Waals surface area contributed by atoms with Gasteiger partial charge in [-0.15, -0.1) is 0 Å². The van der Waals surface area contributed by atoms with Gasteiger partial charge in [0.2, 0.25) is 0 Å². The van der Waals surface area contributed by atoms with Gasteiger partial charge >= 0.3 is 0 Å². The Morgan fingerprint density at radius 3 is 2.31 bits per heavy atom. The van der Waals surface area contributed by atoms with Gasteiger partial charge in [-0.2, -0.15) is 0 Å². The Labute approximate surface area is 109 Å². The van der Waals surface area contributed by atoms with Crippen molar-refractivity contribution in [3.63, 3.8) is 0 Å². The fourth-order valence-corrected chi connectivity index (χ4v) is 2.22. The summed E-state index contributed by atoms with van der Waals surface area (Å²) in [6, 6.07) is 5.62. The summed E-state index contributed by atoms with van der Waals surface area (Å²) in [7, 11) is 0. The zero-order chi connectivity index (χ0) is 11.7. The first kappa shape index (κ1) is 11.5. The molecular weight excluding hydrogens is 338 g/mol. The average molecular weight is 345 g/mol. The van der Waals surface area contributed by atoms with Crippen LogP contribution in [0.2, 0.25) is 0 Å². The van der Waals surface area contributed by atoms with Crippen molar-refractivity contribution in [3.8, 4) is 0 Å². The van der Waals surface area contributed by atoms with Gasteiger partial charge < -0.3 is 0 Å². The maximum atomic E-state index is 11.4. The van der Waals surface area contributed by atoms with Crippen LogP contribution >= 0.6 is 31.9 Å². The van der Waals surface area contributed by atoms with Crippen molar-refractivity contribution in [2.24, 2.45) is 0 Å². The van der Waals surface area contributed by atoms with Gasteiger partial charge in [-0.1, -0.05) is 12.1 Å². The number of halogens is 2. The molecule has 1 aromatic rings. The van der Waals surface area contributed by atoms with Crippen LogP contribution in [0.5, 0.6) is 0 Å². The number of amides is 2. The Morgan fingerprint density at radius 1 is 1.06 bits per heavy atom. The first-order chi connectivity index (χ1) is 7.59. The molecule has 0 aromatic heterocycles. The summed E-state index contributed by atoms with van der Waals surface area (Å²) in [4.78, 5) is 24.0. The minimum atomic E-state index is -0.267. The lowest BCUT2D eigenvalue weighted by Crippen LogP contribution is -2.29. The number of carbonyl (C=O) groups excluding carboxylic acids is 2. The van der Waals surface area contributed by atoms with E-state index in [1.807, 2.05) is 18.2 Å². The Balaban J connectivity index is 2.25. The second-order valence-corrected chi connectivity index (χ2v) is 4.96. The van der Waals surface area contributed by atoms with Gasteiger partial charge in [0.25, 0.3) is 11.8 Å². The zero-order valence-electron chi connectivity index (χ0n) is 8.11. The largest absolute Gasteiger partial charge is 0.271 e. The lowest BCUT2D eigenvalue weighted by Gasteiger charge is -2.15. The summed E-state index contributed by atoms with van der Waals surface area (Å²) in [6.45, 7) is 0.282. The van der Waals surface area contributed by atoms with Crippen LogP contribution in [-0.4, -0.2) is 16.7 Å². The molecule has 0 saturated carbocycles. The minimum Gasteiger partial charge on any atom is -0.271 e. The van der Waals surface area contributed by atoms with Crippen LogP contribution in [0.15, 0.2) is 39.3 Å². The van der Waals surface area contributed by atoms with E-state index in [4.69, 9.17) is 0 Å². The SMILES string of the molecule is O=C1C=CC(=O)N1Cc1cccc(Br)c1Br. The predicted molar refractivity (Wildman–Crippen MR) is 66.5 cm³/mol. The van der Waals surface area contributed by atoms with E-state index < -0.39 is 0 Å². The highest BCUT2D eigenvalue weighted by atomic mass is 79.9. The summed E-state index contributed by atoms with van der Waals surface area (Å²) < 4.78 is 1.76. The highest BCUT2D eigenvalue weighted by molar-refractivity contribution is 9.13. The third-order valence-corrected chi connectivity index (χ3v) is 4.39. The molecule has 16 heavy (non-hydrogen) atoms. The molecule has 1 aliphatic heterocycles.